The zero-order valence-electron chi connectivity index (χ0n) is 6.49. The maximum Gasteiger partial charge on any atom is 0.146 e. The summed E-state index contributed by atoms with van der Waals surface area (Å²) >= 11 is 1.78. The first kappa shape index (κ1) is 8.62. The Morgan fingerprint density at radius 3 is 3.18 bits per heavy atom. The van der Waals surface area contributed by atoms with E-state index < -0.39 is 0 Å². The van der Waals surface area contributed by atoms with Gasteiger partial charge in [-0.15, -0.1) is 11.8 Å². The molecule has 3 nitrogen and oxygen atoms in total. The van der Waals surface area contributed by atoms with E-state index in [2.05, 4.69) is 12.1 Å². The minimum atomic E-state index is 0.486. The fourth-order valence-corrected chi connectivity index (χ4v) is 1.34. The van der Waals surface area contributed by atoms with Crippen molar-refractivity contribution in [3.8, 4) is 0 Å². The van der Waals surface area contributed by atoms with Gasteiger partial charge < -0.3 is 10.3 Å². The number of nitrogens with zero attached hydrogens (tertiary/aromatic N) is 1. The van der Waals surface area contributed by atoms with Crippen molar-refractivity contribution in [3.05, 3.63) is 18.0 Å². The van der Waals surface area contributed by atoms with Crippen LogP contribution in [-0.4, -0.2) is 17.0 Å². The second-order valence-corrected chi connectivity index (χ2v) is 3.76. The number of hydrogen-bond acceptors (Lipinski definition) is 4. The van der Waals surface area contributed by atoms with Crippen LogP contribution in [0.2, 0.25) is 0 Å². The maximum atomic E-state index is 5.44. The van der Waals surface area contributed by atoms with Crippen LogP contribution in [0.5, 0.6) is 0 Å². The summed E-state index contributed by atoms with van der Waals surface area (Å²) in [6, 6.07) is 1.87. The van der Waals surface area contributed by atoms with E-state index in [9.17, 15) is 0 Å². The van der Waals surface area contributed by atoms with Crippen LogP contribution >= 0.6 is 11.8 Å². The molecule has 0 aromatic carbocycles. The van der Waals surface area contributed by atoms with E-state index in [1.165, 1.54) is 0 Å². The summed E-state index contributed by atoms with van der Waals surface area (Å²) < 4.78 is 4.92. The Hall–Kier alpha value is -0.480. The van der Waals surface area contributed by atoms with Gasteiger partial charge in [0.2, 0.25) is 0 Å². The molecule has 1 rings (SSSR count). The Bertz CT molecular complexity index is 188. The molecule has 62 valence electrons. The molecule has 0 aliphatic rings. The summed E-state index contributed by atoms with van der Waals surface area (Å²) in [6.07, 6.45) is 1.66. The second-order valence-electron chi connectivity index (χ2n) is 2.34. The summed E-state index contributed by atoms with van der Waals surface area (Å²) in [5, 5.41) is 4.09. The summed E-state index contributed by atoms with van der Waals surface area (Å²) in [6.45, 7) is 2.81. The van der Waals surface area contributed by atoms with E-state index in [0.29, 0.717) is 11.8 Å². The van der Waals surface area contributed by atoms with E-state index in [0.717, 1.165) is 11.5 Å². The molecule has 4 heteroatoms. The summed E-state index contributed by atoms with van der Waals surface area (Å²) in [5.41, 5.74) is 5.44. The Labute approximate surface area is 70.3 Å². The van der Waals surface area contributed by atoms with Gasteiger partial charge in [-0.1, -0.05) is 12.1 Å². The van der Waals surface area contributed by atoms with Gasteiger partial charge in [-0.3, -0.25) is 0 Å². The fourth-order valence-electron chi connectivity index (χ4n) is 0.609. The highest BCUT2D eigenvalue weighted by Crippen LogP contribution is 2.15. The predicted molar refractivity (Wildman–Crippen MR) is 46.3 cm³/mol. The molecule has 0 radical (unpaired) electrons. The molecule has 0 amide bonds. The Balaban J connectivity index is 2.23. The zero-order valence-corrected chi connectivity index (χ0v) is 7.30. The standard InChI is InChI=1S/C7H12N2OS/c1-6(4-8)11-5-7-2-3-9-10-7/h2-3,6H,4-5,8H2,1H3. The monoisotopic (exact) mass is 172 g/mol. The molecule has 1 aromatic rings. The highest BCUT2D eigenvalue weighted by Gasteiger charge is 2.01. The highest BCUT2D eigenvalue weighted by atomic mass is 32.2. The number of hydrogen-bond donors (Lipinski definition) is 1. The van der Waals surface area contributed by atoms with E-state index in [1.54, 1.807) is 18.0 Å². The molecule has 1 aromatic heterocycles. The summed E-state index contributed by atoms with van der Waals surface area (Å²) in [4.78, 5) is 0. The lowest BCUT2D eigenvalue weighted by atomic mass is 10.5. The van der Waals surface area contributed by atoms with E-state index in [4.69, 9.17) is 10.3 Å². The SMILES string of the molecule is CC(CN)SCc1ccno1. The van der Waals surface area contributed by atoms with Gasteiger partial charge in [0.25, 0.3) is 0 Å². The van der Waals surface area contributed by atoms with Crippen LogP contribution < -0.4 is 5.73 Å². The van der Waals surface area contributed by atoms with Crippen molar-refractivity contribution in [3.63, 3.8) is 0 Å². The third-order valence-electron chi connectivity index (χ3n) is 1.33. The lowest BCUT2D eigenvalue weighted by Crippen LogP contribution is -2.12. The number of aromatic nitrogens is 1. The van der Waals surface area contributed by atoms with Gasteiger partial charge >= 0.3 is 0 Å². The minimum Gasteiger partial charge on any atom is -0.361 e. The van der Waals surface area contributed by atoms with Crippen molar-refractivity contribution < 1.29 is 4.52 Å². The van der Waals surface area contributed by atoms with Crippen molar-refractivity contribution >= 4 is 11.8 Å². The van der Waals surface area contributed by atoms with E-state index in [1.807, 2.05) is 6.07 Å². The van der Waals surface area contributed by atoms with Gasteiger partial charge in [0.1, 0.15) is 5.76 Å². The molecule has 0 bridgehead atoms. The first-order valence-electron chi connectivity index (χ1n) is 3.54. The van der Waals surface area contributed by atoms with Crippen LogP contribution in [-0.2, 0) is 5.75 Å². The molecular weight excluding hydrogens is 160 g/mol. The Morgan fingerprint density at radius 2 is 2.64 bits per heavy atom. The van der Waals surface area contributed by atoms with Crippen LogP contribution in [0.1, 0.15) is 12.7 Å². The van der Waals surface area contributed by atoms with Gasteiger partial charge in [0.05, 0.1) is 11.9 Å². The van der Waals surface area contributed by atoms with Crippen LogP contribution in [0.3, 0.4) is 0 Å². The molecule has 0 spiro atoms. The maximum absolute atomic E-state index is 5.44. The molecular formula is C7H12N2OS. The van der Waals surface area contributed by atoms with Crippen LogP contribution in [0, 0.1) is 0 Å². The van der Waals surface area contributed by atoms with Crippen LogP contribution in [0.4, 0.5) is 0 Å². The molecule has 1 heterocycles. The smallest absolute Gasteiger partial charge is 0.146 e. The van der Waals surface area contributed by atoms with Crippen LogP contribution in [0.15, 0.2) is 16.8 Å². The zero-order chi connectivity index (χ0) is 8.10. The number of thioether (sulfide) groups is 1. The Morgan fingerprint density at radius 1 is 1.82 bits per heavy atom. The van der Waals surface area contributed by atoms with E-state index >= 15 is 0 Å². The van der Waals surface area contributed by atoms with Crippen LogP contribution in [0.25, 0.3) is 0 Å². The van der Waals surface area contributed by atoms with Gasteiger partial charge in [-0.2, -0.15) is 0 Å². The summed E-state index contributed by atoms with van der Waals surface area (Å²) in [5.74, 6) is 1.77. The van der Waals surface area contributed by atoms with Crippen molar-refractivity contribution in [1.29, 1.82) is 0 Å². The number of nitrogens with two attached hydrogens (primary N) is 1. The second kappa shape index (κ2) is 4.41. The van der Waals surface area contributed by atoms with Gasteiger partial charge in [-0.25, -0.2) is 0 Å². The first-order chi connectivity index (χ1) is 5.33. The molecule has 2 N–H and O–H groups in total. The van der Waals surface area contributed by atoms with Crippen molar-refractivity contribution in [2.45, 2.75) is 17.9 Å². The molecule has 0 aliphatic carbocycles. The fraction of sp³-hybridized carbons (Fsp3) is 0.571. The highest BCUT2D eigenvalue weighted by molar-refractivity contribution is 7.99. The van der Waals surface area contributed by atoms with Gasteiger partial charge in [0.15, 0.2) is 0 Å². The molecule has 0 saturated heterocycles. The number of rotatable bonds is 4. The largest absolute Gasteiger partial charge is 0.361 e. The topological polar surface area (TPSA) is 52.0 Å². The quantitative estimate of drug-likeness (QED) is 0.742. The molecule has 1 atom stereocenters. The third kappa shape index (κ3) is 2.95. The molecule has 0 saturated carbocycles. The van der Waals surface area contributed by atoms with E-state index in [-0.39, 0.29) is 0 Å². The lowest BCUT2D eigenvalue weighted by molar-refractivity contribution is 0.395. The minimum absolute atomic E-state index is 0.486. The first-order valence-corrected chi connectivity index (χ1v) is 4.59. The normalized spacial score (nSPS) is 13.3. The average molecular weight is 172 g/mol. The van der Waals surface area contributed by atoms with Crippen molar-refractivity contribution in [2.75, 3.05) is 6.54 Å². The lowest BCUT2D eigenvalue weighted by Gasteiger charge is -2.04. The molecule has 0 fully saturated rings. The van der Waals surface area contributed by atoms with Crippen molar-refractivity contribution in [1.82, 2.24) is 5.16 Å². The van der Waals surface area contributed by atoms with Gasteiger partial charge in [0, 0.05) is 17.9 Å². The molecule has 0 aliphatic heterocycles. The average Bonchev–Trinajstić information content (AvgIpc) is 2.52. The molecule has 11 heavy (non-hydrogen) atoms. The van der Waals surface area contributed by atoms with Gasteiger partial charge in [-0.05, 0) is 0 Å². The van der Waals surface area contributed by atoms with Crippen molar-refractivity contribution in [2.24, 2.45) is 5.73 Å². The molecule has 1 unspecified atom stereocenters. The third-order valence-corrected chi connectivity index (χ3v) is 2.55. The summed E-state index contributed by atoms with van der Waals surface area (Å²) in [7, 11) is 0. The Kier molecular flexibility index (Phi) is 3.45. The predicted octanol–water partition coefficient (Wildman–Crippen LogP) is 1.26.